The Labute approximate surface area is 184 Å². The third-order valence-electron chi connectivity index (χ3n) is 3.96. The molecule has 0 fully saturated rings. The van der Waals surface area contributed by atoms with Crippen LogP contribution in [0.5, 0.6) is 0 Å². The second kappa shape index (κ2) is 9.51. The minimum absolute atomic E-state index is 0.0924. The molecule has 8 nitrogen and oxygen atoms in total. The number of benzene rings is 1. The third kappa shape index (κ3) is 5.03. The average molecular weight is 496 g/mol. The number of nitrogens with one attached hydrogen (secondary N) is 1. The number of rotatable bonds is 7. The summed E-state index contributed by atoms with van der Waals surface area (Å²) in [5.41, 5.74) is 2.01. The maximum Gasteiger partial charge on any atom is 0.341 e. The first-order valence-corrected chi connectivity index (χ1v) is 11.2. The normalized spacial score (nSPS) is 10.8. The van der Waals surface area contributed by atoms with E-state index in [0.717, 1.165) is 20.6 Å². The molecule has 2 aromatic heterocycles. The zero-order chi connectivity index (χ0) is 21.0. The minimum atomic E-state index is -0.434. The van der Waals surface area contributed by atoms with Crippen LogP contribution in [-0.4, -0.2) is 44.4 Å². The molecule has 3 rings (SSSR count). The van der Waals surface area contributed by atoms with Crippen molar-refractivity contribution in [1.82, 2.24) is 20.2 Å². The smallest absolute Gasteiger partial charge is 0.341 e. The van der Waals surface area contributed by atoms with Crippen LogP contribution in [0.3, 0.4) is 0 Å². The van der Waals surface area contributed by atoms with Crippen LogP contribution in [0.15, 0.2) is 33.9 Å². The molecule has 29 heavy (non-hydrogen) atoms. The van der Waals surface area contributed by atoms with Crippen LogP contribution in [0.2, 0.25) is 0 Å². The second-order valence-corrected chi connectivity index (χ2v) is 8.98. The molecular formula is C18H18BrN5O3S2. The highest BCUT2D eigenvalue weighted by molar-refractivity contribution is 9.10. The van der Waals surface area contributed by atoms with Crippen molar-refractivity contribution in [2.75, 3.05) is 17.7 Å². The monoisotopic (exact) mass is 495 g/mol. The summed E-state index contributed by atoms with van der Waals surface area (Å²) in [6.45, 7) is 5.76. The average Bonchev–Trinajstić information content (AvgIpc) is 3.25. The number of carbonyl (C=O) groups is 2. The Kier molecular flexibility index (Phi) is 7.04. The molecule has 1 N–H and O–H groups in total. The van der Waals surface area contributed by atoms with E-state index in [1.165, 1.54) is 23.1 Å². The van der Waals surface area contributed by atoms with Gasteiger partial charge in [-0.25, -0.2) is 4.79 Å². The molecular weight excluding hydrogens is 478 g/mol. The van der Waals surface area contributed by atoms with Gasteiger partial charge in [0.2, 0.25) is 11.1 Å². The molecule has 0 unspecified atom stereocenters. The lowest BCUT2D eigenvalue weighted by atomic mass is 10.1. The third-order valence-corrected chi connectivity index (χ3v) is 6.53. The predicted octanol–water partition coefficient (Wildman–Crippen LogP) is 4.01. The highest BCUT2D eigenvalue weighted by Gasteiger charge is 2.22. The fourth-order valence-corrected chi connectivity index (χ4v) is 4.49. The van der Waals surface area contributed by atoms with Crippen LogP contribution in [0.4, 0.5) is 5.00 Å². The van der Waals surface area contributed by atoms with Crippen LogP contribution < -0.4 is 5.32 Å². The number of anilines is 1. The Morgan fingerprint density at radius 2 is 2.00 bits per heavy atom. The highest BCUT2D eigenvalue weighted by Crippen LogP contribution is 2.33. The number of carbonyl (C=O) groups excluding carboxylic acids is 2. The molecule has 0 aliphatic carbocycles. The van der Waals surface area contributed by atoms with Gasteiger partial charge in [-0.05, 0) is 61.0 Å². The van der Waals surface area contributed by atoms with E-state index in [2.05, 4.69) is 36.8 Å². The van der Waals surface area contributed by atoms with E-state index in [0.29, 0.717) is 15.7 Å². The maximum absolute atomic E-state index is 12.5. The van der Waals surface area contributed by atoms with Gasteiger partial charge in [0.15, 0.2) is 0 Å². The Bertz CT molecular complexity index is 1030. The quantitative estimate of drug-likeness (QED) is 0.390. The molecule has 0 spiro atoms. The SMILES string of the molecule is CCOC(=O)c1c(NC(=O)CSc2nnnn2-c2ccc(Br)cc2)sc(C)c1C. The molecule has 2 heterocycles. The Morgan fingerprint density at radius 1 is 1.28 bits per heavy atom. The van der Waals surface area contributed by atoms with Gasteiger partial charge in [0, 0.05) is 9.35 Å². The van der Waals surface area contributed by atoms with Crippen molar-refractivity contribution in [1.29, 1.82) is 0 Å². The maximum atomic E-state index is 12.5. The van der Waals surface area contributed by atoms with Crippen LogP contribution in [0.25, 0.3) is 5.69 Å². The fraction of sp³-hybridized carbons (Fsp3) is 0.278. The van der Waals surface area contributed by atoms with Crippen LogP contribution >= 0.6 is 39.0 Å². The Balaban J connectivity index is 1.69. The van der Waals surface area contributed by atoms with E-state index in [9.17, 15) is 9.59 Å². The summed E-state index contributed by atoms with van der Waals surface area (Å²) >= 11 is 5.95. The number of nitrogens with zero attached hydrogens (tertiary/aromatic N) is 4. The number of ether oxygens (including phenoxy) is 1. The molecule has 3 aromatic rings. The molecule has 0 saturated heterocycles. The van der Waals surface area contributed by atoms with Gasteiger partial charge in [0.25, 0.3) is 0 Å². The summed E-state index contributed by atoms with van der Waals surface area (Å²) < 4.78 is 7.62. The van der Waals surface area contributed by atoms with Crippen LogP contribution in [0, 0.1) is 13.8 Å². The van der Waals surface area contributed by atoms with Gasteiger partial charge in [-0.15, -0.1) is 16.4 Å². The number of thiophene rings is 1. The zero-order valence-electron chi connectivity index (χ0n) is 15.9. The van der Waals surface area contributed by atoms with Gasteiger partial charge in [-0.2, -0.15) is 4.68 Å². The summed E-state index contributed by atoms with van der Waals surface area (Å²) in [5, 5.41) is 15.5. The fourth-order valence-electron chi connectivity index (χ4n) is 2.47. The summed E-state index contributed by atoms with van der Waals surface area (Å²) in [5.74, 6) is -0.599. The standard InChI is InChI=1S/C18H18BrN5O3S2/c1-4-27-17(26)15-10(2)11(3)29-16(15)20-14(25)9-28-18-21-22-23-24(18)13-7-5-12(19)6-8-13/h5-8H,4,9H2,1-3H3,(H,20,25). The largest absolute Gasteiger partial charge is 0.462 e. The lowest BCUT2D eigenvalue weighted by molar-refractivity contribution is -0.113. The molecule has 11 heteroatoms. The van der Waals surface area contributed by atoms with Gasteiger partial charge in [0.05, 0.1) is 23.6 Å². The number of aromatic nitrogens is 4. The first-order valence-electron chi connectivity index (χ1n) is 8.64. The second-order valence-electron chi connectivity index (χ2n) is 5.89. The summed E-state index contributed by atoms with van der Waals surface area (Å²) in [6, 6.07) is 7.51. The molecule has 1 aromatic carbocycles. The number of esters is 1. The van der Waals surface area contributed by atoms with E-state index < -0.39 is 5.97 Å². The predicted molar refractivity (Wildman–Crippen MR) is 116 cm³/mol. The molecule has 0 bridgehead atoms. The topological polar surface area (TPSA) is 99.0 Å². The van der Waals surface area contributed by atoms with Gasteiger partial charge < -0.3 is 10.1 Å². The van der Waals surface area contributed by atoms with Crippen molar-refractivity contribution in [3.05, 3.63) is 44.7 Å². The number of thioether (sulfide) groups is 1. The Hall–Kier alpha value is -2.24. The molecule has 0 aliphatic rings. The van der Waals surface area contributed by atoms with E-state index in [4.69, 9.17) is 4.74 Å². The van der Waals surface area contributed by atoms with Crippen molar-refractivity contribution in [3.63, 3.8) is 0 Å². The summed E-state index contributed by atoms with van der Waals surface area (Å²) in [6.07, 6.45) is 0. The summed E-state index contributed by atoms with van der Waals surface area (Å²) in [7, 11) is 0. The van der Waals surface area contributed by atoms with E-state index in [1.54, 1.807) is 11.6 Å². The van der Waals surface area contributed by atoms with Crippen molar-refractivity contribution in [3.8, 4) is 5.69 Å². The zero-order valence-corrected chi connectivity index (χ0v) is 19.2. The van der Waals surface area contributed by atoms with Crippen molar-refractivity contribution >= 4 is 55.9 Å². The van der Waals surface area contributed by atoms with Crippen LogP contribution in [0.1, 0.15) is 27.7 Å². The van der Waals surface area contributed by atoms with Gasteiger partial charge >= 0.3 is 5.97 Å². The molecule has 0 aliphatic heterocycles. The molecule has 152 valence electrons. The van der Waals surface area contributed by atoms with Crippen molar-refractivity contribution in [2.45, 2.75) is 25.9 Å². The first-order chi connectivity index (χ1) is 13.9. The number of amides is 1. The number of halogens is 1. The van der Waals surface area contributed by atoms with E-state index in [1.807, 2.05) is 38.1 Å². The molecule has 1 amide bonds. The van der Waals surface area contributed by atoms with Gasteiger partial charge in [-0.3, -0.25) is 4.79 Å². The molecule has 0 atom stereocenters. The Morgan fingerprint density at radius 3 is 2.69 bits per heavy atom. The summed E-state index contributed by atoms with van der Waals surface area (Å²) in [4.78, 5) is 25.7. The van der Waals surface area contributed by atoms with Gasteiger partial charge in [0.1, 0.15) is 5.00 Å². The number of tetrazole rings is 1. The number of hydrogen-bond donors (Lipinski definition) is 1. The van der Waals surface area contributed by atoms with E-state index >= 15 is 0 Å². The number of aryl methyl sites for hydroxylation is 1. The van der Waals surface area contributed by atoms with Crippen LogP contribution in [-0.2, 0) is 9.53 Å². The van der Waals surface area contributed by atoms with Gasteiger partial charge in [-0.1, -0.05) is 27.7 Å². The first kappa shape index (κ1) is 21.5. The lowest BCUT2D eigenvalue weighted by Gasteiger charge is -2.07. The van der Waals surface area contributed by atoms with Crippen molar-refractivity contribution in [2.24, 2.45) is 0 Å². The molecule has 0 radical (unpaired) electrons. The molecule has 0 saturated carbocycles. The highest BCUT2D eigenvalue weighted by atomic mass is 79.9. The lowest BCUT2D eigenvalue weighted by Crippen LogP contribution is -2.16. The minimum Gasteiger partial charge on any atom is -0.462 e. The van der Waals surface area contributed by atoms with Crippen molar-refractivity contribution < 1.29 is 14.3 Å². The van der Waals surface area contributed by atoms with E-state index in [-0.39, 0.29) is 18.3 Å². The number of hydrogen-bond acceptors (Lipinski definition) is 8.